The standard InChI is InChI=1S/C19H19FN4O/c20-16-6-2-4-8-18(16)23-9-11-24(12-10-23)19(25)14-22-17-7-3-1-5-15(17)13-21/h1-8,22H,9-12,14H2. The minimum absolute atomic E-state index is 0.0269. The van der Waals surface area contributed by atoms with Crippen molar-refractivity contribution < 1.29 is 9.18 Å². The van der Waals surface area contributed by atoms with Crippen molar-refractivity contribution in [2.24, 2.45) is 0 Å². The zero-order valence-electron chi connectivity index (χ0n) is 13.8. The molecule has 6 heteroatoms. The third-order valence-corrected chi connectivity index (χ3v) is 4.30. The molecule has 1 aliphatic heterocycles. The second kappa shape index (κ2) is 7.67. The van der Waals surface area contributed by atoms with Crippen LogP contribution in [0.3, 0.4) is 0 Å². The molecule has 0 atom stereocenters. The fourth-order valence-electron chi connectivity index (χ4n) is 2.92. The summed E-state index contributed by atoms with van der Waals surface area (Å²) in [4.78, 5) is 16.1. The van der Waals surface area contributed by atoms with Crippen LogP contribution in [-0.2, 0) is 4.79 Å². The number of nitrogens with one attached hydrogen (secondary N) is 1. The molecule has 25 heavy (non-hydrogen) atoms. The van der Waals surface area contributed by atoms with E-state index in [-0.39, 0.29) is 18.3 Å². The lowest BCUT2D eigenvalue weighted by atomic mass is 10.2. The molecule has 5 nitrogen and oxygen atoms in total. The Labute approximate surface area is 146 Å². The number of nitrogens with zero attached hydrogens (tertiary/aromatic N) is 3. The van der Waals surface area contributed by atoms with E-state index in [2.05, 4.69) is 11.4 Å². The lowest BCUT2D eigenvalue weighted by Crippen LogP contribution is -2.50. The van der Waals surface area contributed by atoms with Crippen molar-refractivity contribution in [3.05, 3.63) is 59.9 Å². The molecule has 1 amide bonds. The predicted octanol–water partition coefficient (Wildman–Crippen LogP) is 2.46. The van der Waals surface area contributed by atoms with Crippen molar-refractivity contribution in [3.8, 4) is 6.07 Å². The van der Waals surface area contributed by atoms with E-state index in [0.29, 0.717) is 43.1 Å². The summed E-state index contributed by atoms with van der Waals surface area (Å²) in [6.45, 7) is 2.44. The Balaban J connectivity index is 1.54. The fourth-order valence-corrected chi connectivity index (χ4v) is 2.92. The highest BCUT2D eigenvalue weighted by molar-refractivity contribution is 5.81. The maximum Gasteiger partial charge on any atom is 0.241 e. The Hall–Kier alpha value is -3.07. The molecule has 0 saturated carbocycles. The Kier molecular flexibility index (Phi) is 5.14. The Bertz CT molecular complexity index is 794. The smallest absolute Gasteiger partial charge is 0.241 e. The number of hydrogen-bond donors (Lipinski definition) is 1. The minimum atomic E-state index is -0.239. The van der Waals surface area contributed by atoms with E-state index in [0.717, 1.165) is 0 Å². The second-order valence-electron chi connectivity index (χ2n) is 5.83. The van der Waals surface area contributed by atoms with Gasteiger partial charge in [0.25, 0.3) is 0 Å². The summed E-state index contributed by atoms with van der Waals surface area (Å²) in [7, 11) is 0. The van der Waals surface area contributed by atoms with Crippen LogP contribution in [-0.4, -0.2) is 43.5 Å². The molecule has 2 aromatic rings. The number of carbonyl (C=O) groups excluding carboxylic acids is 1. The van der Waals surface area contributed by atoms with E-state index in [1.165, 1.54) is 6.07 Å². The number of amides is 1. The number of para-hydroxylation sites is 2. The van der Waals surface area contributed by atoms with Gasteiger partial charge in [0.2, 0.25) is 5.91 Å². The first-order chi connectivity index (χ1) is 12.2. The van der Waals surface area contributed by atoms with Crippen molar-refractivity contribution >= 4 is 17.3 Å². The molecular weight excluding hydrogens is 319 g/mol. The summed E-state index contributed by atoms with van der Waals surface area (Å²) in [6.07, 6.45) is 0. The topological polar surface area (TPSA) is 59.4 Å². The maximum atomic E-state index is 13.9. The number of halogens is 1. The molecule has 2 aromatic carbocycles. The normalized spacial score (nSPS) is 14.1. The molecule has 0 unspecified atom stereocenters. The Morgan fingerprint density at radius 1 is 1.08 bits per heavy atom. The van der Waals surface area contributed by atoms with Gasteiger partial charge in [0, 0.05) is 26.2 Å². The highest BCUT2D eigenvalue weighted by atomic mass is 19.1. The lowest BCUT2D eigenvalue weighted by Gasteiger charge is -2.36. The number of hydrogen-bond acceptors (Lipinski definition) is 4. The summed E-state index contributed by atoms with van der Waals surface area (Å²) in [5, 5.41) is 12.1. The summed E-state index contributed by atoms with van der Waals surface area (Å²) in [5.41, 5.74) is 1.75. The first-order valence-electron chi connectivity index (χ1n) is 8.19. The van der Waals surface area contributed by atoms with Gasteiger partial charge in [-0.15, -0.1) is 0 Å². The molecule has 0 radical (unpaired) electrons. The molecular formula is C19H19FN4O. The number of anilines is 2. The number of rotatable bonds is 4. The van der Waals surface area contributed by atoms with Crippen LogP contribution in [0.2, 0.25) is 0 Å². The average Bonchev–Trinajstić information content (AvgIpc) is 2.67. The van der Waals surface area contributed by atoms with Gasteiger partial charge in [-0.25, -0.2) is 4.39 Å². The van der Waals surface area contributed by atoms with Crippen LogP contribution in [0, 0.1) is 17.1 Å². The molecule has 128 valence electrons. The molecule has 1 aliphatic rings. The lowest BCUT2D eigenvalue weighted by molar-refractivity contribution is -0.129. The van der Waals surface area contributed by atoms with Gasteiger partial charge >= 0.3 is 0 Å². The van der Waals surface area contributed by atoms with Crippen molar-refractivity contribution in [1.82, 2.24) is 4.90 Å². The third-order valence-electron chi connectivity index (χ3n) is 4.30. The summed E-state index contributed by atoms with van der Waals surface area (Å²) < 4.78 is 13.9. The first-order valence-corrected chi connectivity index (χ1v) is 8.19. The van der Waals surface area contributed by atoms with Crippen LogP contribution in [0.25, 0.3) is 0 Å². The third kappa shape index (κ3) is 3.89. The van der Waals surface area contributed by atoms with E-state index < -0.39 is 0 Å². The van der Waals surface area contributed by atoms with Crippen molar-refractivity contribution in [3.63, 3.8) is 0 Å². The summed E-state index contributed by atoms with van der Waals surface area (Å²) >= 11 is 0. The molecule has 0 bridgehead atoms. The van der Waals surface area contributed by atoms with Gasteiger partial charge in [-0.05, 0) is 24.3 Å². The van der Waals surface area contributed by atoms with Gasteiger partial charge in [-0.1, -0.05) is 24.3 Å². The van der Waals surface area contributed by atoms with Gasteiger partial charge in [-0.2, -0.15) is 5.26 Å². The van der Waals surface area contributed by atoms with Crippen LogP contribution in [0.5, 0.6) is 0 Å². The molecule has 1 fully saturated rings. The second-order valence-corrected chi connectivity index (χ2v) is 5.83. The summed E-state index contributed by atoms with van der Waals surface area (Å²) in [6, 6.07) is 15.9. The van der Waals surface area contributed by atoms with Crippen LogP contribution < -0.4 is 10.2 Å². The fraction of sp³-hybridized carbons (Fsp3) is 0.263. The van der Waals surface area contributed by atoms with Crippen LogP contribution in [0.1, 0.15) is 5.56 Å². The largest absolute Gasteiger partial charge is 0.375 e. The van der Waals surface area contributed by atoms with Crippen molar-refractivity contribution in [1.29, 1.82) is 5.26 Å². The van der Waals surface area contributed by atoms with E-state index in [1.54, 1.807) is 35.2 Å². The molecule has 0 aliphatic carbocycles. The molecule has 0 aromatic heterocycles. The Morgan fingerprint density at radius 2 is 1.76 bits per heavy atom. The molecule has 1 saturated heterocycles. The Morgan fingerprint density at radius 3 is 2.48 bits per heavy atom. The average molecular weight is 338 g/mol. The first kappa shape index (κ1) is 16.8. The minimum Gasteiger partial charge on any atom is -0.375 e. The van der Waals surface area contributed by atoms with E-state index in [4.69, 9.17) is 5.26 Å². The van der Waals surface area contributed by atoms with E-state index in [9.17, 15) is 9.18 Å². The van der Waals surface area contributed by atoms with Gasteiger partial charge in [-0.3, -0.25) is 4.79 Å². The molecule has 1 N–H and O–H groups in total. The summed E-state index contributed by atoms with van der Waals surface area (Å²) in [5.74, 6) is -0.266. The molecule has 1 heterocycles. The SMILES string of the molecule is N#Cc1ccccc1NCC(=O)N1CCN(c2ccccc2F)CC1. The van der Waals surface area contributed by atoms with Crippen LogP contribution in [0.15, 0.2) is 48.5 Å². The zero-order valence-corrected chi connectivity index (χ0v) is 13.8. The highest BCUT2D eigenvalue weighted by Crippen LogP contribution is 2.20. The van der Waals surface area contributed by atoms with Crippen LogP contribution in [0.4, 0.5) is 15.8 Å². The van der Waals surface area contributed by atoms with Crippen molar-refractivity contribution in [2.75, 3.05) is 42.9 Å². The van der Waals surface area contributed by atoms with Gasteiger partial charge in [0.1, 0.15) is 11.9 Å². The quantitative estimate of drug-likeness (QED) is 0.930. The number of nitriles is 1. The predicted molar refractivity (Wildman–Crippen MR) is 94.8 cm³/mol. The number of carbonyl (C=O) groups is 1. The number of benzene rings is 2. The van der Waals surface area contributed by atoms with Crippen molar-refractivity contribution in [2.45, 2.75) is 0 Å². The van der Waals surface area contributed by atoms with Gasteiger partial charge < -0.3 is 15.1 Å². The zero-order chi connectivity index (χ0) is 17.6. The highest BCUT2D eigenvalue weighted by Gasteiger charge is 2.22. The van der Waals surface area contributed by atoms with Crippen LogP contribution >= 0.6 is 0 Å². The molecule has 0 spiro atoms. The van der Waals surface area contributed by atoms with E-state index in [1.807, 2.05) is 17.0 Å². The monoisotopic (exact) mass is 338 g/mol. The van der Waals surface area contributed by atoms with Gasteiger partial charge in [0.15, 0.2) is 0 Å². The maximum absolute atomic E-state index is 13.9. The van der Waals surface area contributed by atoms with E-state index >= 15 is 0 Å². The number of piperazine rings is 1. The van der Waals surface area contributed by atoms with Gasteiger partial charge in [0.05, 0.1) is 23.5 Å². The molecule has 3 rings (SSSR count).